The molecule has 21 heavy (non-hydrogen) atoms. The fourth-order valence-corrected chi connectivity index (χ4v) is 2.70. The number of carbonyl (C=O) groups is 1. The maximum atomic E-state index is 11.9. The Hall–Kier alpha value is -1.55. The number of nitrogens with zero attached hydrogens (tertiary/aromatic N) is 1. The second kappa shape index (κ2) is 8.03. The van der Waals surface area contributed by atoms with E-state index in [1.54, 1.807) is 0 Å². The molecule has 0 radical (unpaired) electrons. The van der Waals surface area contributed by atoms with Gasteiger partial charge in [0.15, 0.2) is 0 Å². The lowest BCUT2D eigenvalue weighted by atomic mass is 10.0. The average Bonchev–Trinajstić information content (AvgIpc) is 3.04. The second-order valence-electron chi connectivity index (χ2n) is 6.00. The van der Waals surface area contributed by atoms with Crippen LogP contribution in [0.25, 0.3) is 0 Å². The Labute approximate surface area is 127 Å². The van der Waals surface area contributed by atoms with Crippen LogP contribution < -0.4 is 15.5 Å². The number of hydrogen-bond acceptors (Lipinski definition) is 3. The first-order chi connectivity index (χ1) is 10.2. The van der Waals surface area contributed by atoms with Gasteiger partial charge in [0.05, 0.1) is 0 Å². The van der Waals surface area contributed by atoms with E-state index in [1.165, 1.54) is 12.1 Å². The number of anilines is 1. The molecule has 1 aliphatic heterocycles. The number of hydrogen-bond donors (Lipinski definition) is 2. The molecule has 2 unspecified atom stereocenters. The summed E-state index contributed by atoms with van der Waals surface area (Å²) in [7, 11) is 2.07. The first-order valence-electron chi connectivity index (χ1n) is 7.92. The predicted octanol–water partition coefficient (Wildman–Crippen LogP) is 2.02. The van der Waals surface area contributed by atoms with Crippen LogP contribution in [0.4, 0.5) is 5.69 Å². The van der Waals surface area contributed by atoms with E-state index in [0.29, 0.717) is 18.9 Å². The summed E-state index contributed by atoms with van der Waals surface area (Å²) >= 11 is 0. The van der Waals surface area contributed by atoms with Crippen molar-refractivity contribution in [3.8, 4) is 0 Å². The SMILES string of the molecule is CC(CNC(=O)CCC1CCNC1)N(C)c1ccccc1. The molecule has 1 amide bonds. The molecular weight excluding hydrogens is 262 g/mol. The van der Waals surface area contributed by atoms with Crippen molar-refractivity contribution in [1.29, 1.82) is 0 Å². The number of carbonyl (C=O) groups excluding carboxylic acids is 1. The van der Waals surface area contributed by atoms with Crippen molar-refractivity contribution >= 4 is 11.6 Å². The quantitative estimate of drug-likeness (QED) is 0.807. The van der Waals surface area contributed by atoms with Gasteiger partial charge in [0.25, 0.3) is 0 Å². The normalized spacial score (nSPS) is 19.2. The lowest BCUT2D eigenvalue weighted by molar-refractivity contribution is -0.121. The van der Waals surface area contributed by atoms with Crippen LogP contribution in [0.5, 0.6) is 0 Å². The van der Waals surface area contributed by atoms with Crippen molar-refractivity contribution in [1.82, 2.24) is 10.6 Å². The van der Waals surface area contributed by atoms with Crippen LogP contribution in [-0.4, -0.2) is 38.6 Å². The van der Waals surface area contributed by atoms with Crippen molar-refractivity contribution < 1.29 is 4.79 Å². The first-order valence-corrected chi connectivity index (χ1v) is 7.92. The minimum Gasteiger partial charge on any atom is -0.370 e. The van der Waals surface area contributed by atoms with Gasteiger partial charge >= 0.3 is 0 Å². The lowest BCUT2D eigenvalue weighted by Gasteiger charge is -2.27. The first kappa shape index (κ1) is 15.8. The third kappa shape index (κ3) is 5.05. The largest absolute Gasteiger partial charge is 0.370 e. The molecule has 1 saturated heterocycles. The van der Waals surface area contributed by atoms with Crippen molar-refractivity contribution in [2.45, 2.75) is 32.2 Å². The highest BCUT2D eigenvalue weighted by Crippen LogP contribution is 2.15. The summed E-state index contributed by atoms with van der Waals surface area (Å²) < 4.78 is 0. The van der Waals surface area contributed by atoms with Gasteiger partial charge in [-0.15, -0.1) is 0 Å². The summed E-state index contributed by atoms with van der Waals surface area (Å²) in [6.07, 6.45) is 2.86. The molecular formula is C17H27N3O. The summed E-state index contributed by atoms with van der Waals surface area (Å²) in [4.78, 5) is 14.1. The highest BCUT2D eigenvalue weighted by Gasteiger charge is 2.16. The molecule has 2 rings (SSSR count). The molecule has 2 N–H and O–H groups in total. The van der Waals surface area contributed by atoms with Crippen LogP contribution in [0.3, 0.4) is 0 Å². The zero-order valence-electron chi connectivity index (χ0n) is 13.1. The molecule has 1 aromatic rings. The predicted molar refractivity (Wildman–Crippen MR) is 87.5 cm³/mol. The molecule has 1 aliphatic rings. The van der Waals surface area contributed by atoms with Crippen molar-refractivity contribution in [3.05, 3.63) is 30.3 Å². The number of amides is 1. The molecule has 2 atom stereocenters. The van der Waals surface area contributed by atoms with Gasteiger partial charge < -0.3 is 15.5 Å². The summed E-state index contributed by atoms with van der Waals surface area (Å²) in [6, 6.07) is 10.5. The molecule has 0 bridgehead atoms. The van der Waals surface area contributed by atoms with Crippen LogP contribution >= 0.6 is 0 Å². The Morgan fingerprint density at radius 1 is 1.43 bits per heavy atom. The minimum absolute atomic E-state index is 0.176. The summed E-state index contributed by atoms with van der Waals surface area (Å²) in [6.45, 7) is 4.99. The Morgan fingerprint density at radius 3 is 2.86 bits per heavy atom. The molecule has 4 heteroatoms. The van der Waals surface area contributed by atoms with Gasteiger partial charge in [0.2, 0.25) is 5.91 Å². The van der Waals surface area contributed by atoms with E-state index in [4.69, 9.17) is 0 Å². The fraction of sp³-hybridized carbons (Fsp3) is 0.588. The third-order valence-corrected chi connectivity index (χ3v) is 4.36. The monoisotopic (exact) mass is 289 g/mol. The zero-order valence-corrected chi connectivity index (χ0v) is 13.1. The molecule has 4 nitrogen and oxygen atoms in total. The van der Waals surface area contributed by atoms with E-state index < -0.39 is 0 Å². The molecule has 0 aromatic heterocycles. The maximum absolute atomic E-state index is 11.9. The minimum atomic E-state index is 0.176. The summed E-state index contributed by atoms with van der Waals surface area (Å²) in [5.74, 6) is 0.857. The molecule has 0 saturated carbocycles. The van der Waals surface area contributed by atoms with Gasteiger partial charge in [-0.05, 0) is 50.9 Å². The maximum Gasteiger partial charge on any atom is 0.220 e. The molecule has 1 heterocycles. The second-order valence-corrected chi connectivity index (χ2v) is 6.00. The van der Waals surface area contributed by atoms with Crippen molar-refractivity contribution in [2.75, 3.05) is 31.6 Å². The standard InChI is InChI=1S/C17H27N3O/c1-14(20(2)16-6-4-3-5-7-16)12-19-17(21)9-8-15-10-11-18-13-15/h3-7,14-15,18H,8-13H2,1-2H3,(H,19,21). The van der Waals surface area contributed by atoms with Gasteiger partial charge in [-0.25, -0.2) is 0 Å². The van der Waals surface area contributed by atoms with E-state index in [2.05, 4.69) is 41.6 Å². The number of benzene rings is 1. The zero-order chi connectivity index (χ0) is 15.1. The molecule has 1 fully saturated rings. The fourth-order valence-electron chi connectivity index (χ4n) is 2.70. The highest BCUT2D eigenvalue weighted by atomic mass is 16.1. The number of nitrogens with one attached hydrogen (secondary N) is 2. The van der Waals surface area contributed by atoms with Gasteiger partial charge in [-0.3, -0.25) is 4.79 Å². The topological polar surface area (TPSA) is 44.4 Å². The average molecular weight is 289 g/mol. The molecule has 116 valence electrons. The van der Waals surface area contributed by atoms with Gasteiger partial charge in [0.1, 0.15) is 0 Å². The molecule has 0 aliphatic carbocycles. The van der Waals surface area contributed by atoms with E-state index in [0.717, 1.165) is 19.5 Å². The highest BCUT2D eigenvalue weighted by molar-refractivity contribution is 5.75. The van der Waals surface area contributed by atoms with E-state index in [9.17, 15) is 4.79 Å². The number of likely N-dealkylation sites (N-methyl/N-ethyl adjacent to an activating group) is 1. The van der Waals surface area contributed by atoms with Gasteiger partial charge in [-0.2, -0.15) is 0 Å². The van der Waals surface area contributed by atoms with E-state index in [1.807, 2.05) is 18.2 Å². The Bertz CT molecular complexity index is 429. The van der Waals surface area contributed by atoms with Crippen LogP contribution in [-0.2, 0) is 4.79 Å². The molecule has 1 aromatic carbocycles. The van der Waals surface area contributed by atoms with E-state index in [-0.39, 0.29) is 11.9 Å². The van der Waals surface area contributed by atoms with Crippen LogP contribution in [0.1, 0.15) is 26.2 Å². The Kier molecular flexibility index (Phi) is 6.05. The van der Waals surface area contributed by atoms with Gasteiger partial charge in [-0.1, -0.05) is 18.2 Å². The van der Waals surface area contributed by atoms with Crippen LogP contribution in [0.15, 0.2) is 30.3 Å². The van der Waals surface area contributed by atoms with Crippen LogP contribution in [0.2, 0.25) is 0 Å². The van der Waals surface area contributed by atoms with E-state index >= 15 is 0 Å². The smallest absolute Gasteiger partial charge is 0.220 e. The van der Waals surface area contributed by atoms with Crippen molar-refractivity contribution in [2.24, 2.45) is 5.92 Å². The van der Waals surface area contributed by atoms with Crippen molar-refractivity contribution in [3.63, 3.8) is 0 Å². The van der Waals surface area contributed by atoms with Crippen LogP contribution in [0, 0.1) is 5.92 Å². The lowest BCUT2D eigenvalue weighted by Crippen LogP contribution is -2.40. The molecule has 0 spiro atoms. The van der Waals surface area contributed by atoms with Gasteiger partial charge in [0, 0.05) is 31.7 Å². The number of para-hydroxylation sites is 1. The third-order valence-electron chi connectivity index (χ3n) is 4.36. The number of rotatable bonds is 7. The summed E-state index contributed by atoms with van der Waals surface area (Å²) in [5, 5.41) is 6.40. The Balaban J connectivity index is 1.68. The summed E-state index contributed by atoms with van der Waals surface area (Å²) in [5.41, 5.74) is 1.18. The Morgan fingerprint density at radius 2 is 2.19 bits per heavy atom.